The molecule has 0 radical (unpaired) electrons. The average Bonchev–Trinajstić information content (AvgIpc) is 2.77. The molecule has 1 aliphatic heterocycles. The highest BCUT2D eigenvalue weighted by atomic mass is 35.5. The molecule has 156 valence electrons. The minimum Gasteiger partial charge on any atom is -0.479 e. The first-order valence-electron chi connectivity index (χ1n) is 10.1. The minimum absolute atomic E-state index is 0.156. The summed E-state index contributed by atoms with van der Waals surface area (Å²) < 4.78 is 11.5. The van der Waals surface area contributed by atoms with E-state index in [1.165, 1.54) is 12.3 Å². The van der Waals surface area contributed by atoms with Gasteiger partial charge in [0.15, 0.2) is 0 Å². The summed E-state index contributed by atoms with van der Waals surface area (Å²) in [7, 11) is 0. The normalized spacial score (nSPS) is 15.7. The third-order valence-corrected chi connectivity index (χ3v) is 5.59. The van der Waals surface area contributed by atoms with Crippen LogP contribution >= 0.6 is 11.6 Å². The van der Waals surface area contributed by atoms with Crippen molar-refractivity contribution in [2.45, 2.75) is 19.6 Å². The molecule has 30 heavy (non-hydrogen) atoms. The molecule has 2 heterocycles. The fraction of sp³-hybridized carbons (Fsp3) is 0.292. The molecule has 5 nitrogen and oxygen atoms in total. The molecule has 1 fully saturated rings. The predicted octanol–water partition coefficient (Wildman–Crippen LogP) is 4.76. The van der Waals surface area contributed by atoms with Crippen LogP contribution in [0.5, 0.6) is 5.75 Å². The van der Waals surface area contributed by atoms with Crippen molar-refractivity contribution in [1.29, 1.82) is 0 Å². The monoisotopic (exact) mass is 424 g/mol. The van der Waals surface area contributed by atoms with Crippen molar-refractivity contribution in [2.24, 2.45) is 0 Å². The SMILES string of the molecule is C[C@H](Oc1coc(CN2CCN(c3cccc(Cl)c3)CC2)cc1=O)c1ccccc1. The molecule has 0 unspecified atom stereocenters. The number of anilines is 1. The van der Waals surface area contributed by atoms with Gasteiger partial charge in [-0.25, -0.2) is 0 Å². The van der Waals surface area contributed by atoms with Crippen LogP contribution in [0.3, 0.4) is 0 Å². The highest BCUT2D eigenvalue weighted by Gasteiger charge is 2.19. The summed E-state index contributed by atoms with van der Waals surface area (Å²) in [5.41, 5.74) is 2.00. The number of hydrogen-bond acceptors (Lipinski definition) is 5. The second kappa shape index (κ2) is 9.37. The molecule has 3 aromatic rings. The van der Waals surface area contributed by atoms with E-state index >= 15 is 0 Å². The van der Waals surface area contributed by atoms with Crippen molar-refractivity contribution < 1.29 is 9.15 Å². The lowest BCUT2D eigenvalue weighted by atomic mass is 10.1. The zero-order valence-corrected chi connectivity index (χ0v) is 17.7. The molecular weight excluding hydrogens is 400 g/mol. The molecule has 1 aliphatic rings. The molecule has 1 atom stereocenters. The number of rotatable bonds is 6. The topological polar surface area (TPSA) is 45.9 Å². The fourth-order valence-corrected chi connectivity index (χ4v) is 3.83. The van der Waals surface area contributed by atoms with Crippen LogP contribution in [-0.2, 0) is 6.54 Å². The second-order valence-corrected chi connectivity index (χ2v) is 7.93. The Balaban J connectivity index is 1.33. The quantitative estimate of drug-likeness (QED) is 0.571. The molecule has 0 N–H and O–H groups in total. The van der Waals surface area contributed by atoms with Gasteiger partial charge in [0.05, 0.1) is 6.54 Å². The smallest absolute Gasteiger partial charge is 0.227 e. The summed E-state index contributed by atoms with van der Waals surface area (Å²) in [5.74, 6) is 0.886. The second-order valence-electron chi connectivity index (χ2n) is 7.49. The molecule has 1 aromatic heterocycles. The van der Waals surface area contributed by atoms with Crippen molar-refractivity contribution in [3.8, 4) is 5.75 Å². The van der Waals surface area contributed by atoms with Crippen molar-refractivity contribution in [3.05, 3.63) is 93.5 Å². The van der Waals surface area contributed by atoms with Gasteiger partial charge >= 0.3 is 0 Å². The Hall–Kier alpha value is -2.76. The molecule has 0 saturated carbocycles. The van der Waals surface area contributed by atoms with Crippen LogP contribution in [0.2, 0.25) is 5.02 Å². The van der Waals surface area contributed by atoms with Crippen molar-refractivity contribution in [2.75, 3.05) is 31.1 Å². The molecule has 6 heteroatoms. The highest BCUT2D eigenvalue weighted by molar-refractivity contribution is 6.30. The van der Waals surface area contributed by atoms with Gasteiger partial charge in [0, 0.05) is 43.0 Å². The van der Waals surface area contributed by atoms with Crippen LogP contribution in [0.1, 0.15) is 24.4 Å². The van der Waals surface area contributed by atoms with Crippen molar-refractivity contribution in [1.82, 2.24) is 4.90 Å². The largest absolute Gasteiger partial charge is 0.479 e. The fourth-order valence-electron chi connectivity index (χ4n) is 3.65. The number of hydrogen-bond donors (Lipinski definition) is 0. The van der Waals surface area contributed by atoms with Crippen LogP contribution in [0.4, 0.5) is 5.69 Å². The Morgan fingerprint density at radius 1 is 1.03 bits per heavy atom. The first kappa shape index (κ1) is 20.5. The number of benzene rings is 2. The first-order valence-corrected chi connectivity index (χ1v) is 10.5. The van der Waals surface area contributed by atoms with E-state index in [9.17, 15) is 4.79 Å². The van der Waals surface area contributed by atoms with Gasteiger partial charge in [-0.15, -0.1) is 0 Å². The third kappa shape index (κ3) is 5.04. The molecule has 2 aromatic carbocycles. The van der Waals surface area contributed by atoms with Gasteiger partial charge in [-0.3, -0.25) is 9.69 Å². The van der Waals surface area contributed by atoms with E-state index in [4.69, 9.17) is 20.8 Å². The van der Waals surface area contributed by atoms with Crippen LogP contribution < -0.4 is 15.1 Å². The first-order chi connectivity index (χ1) is 14.6. The lowest BCUT2D eigenvalue weighted by Gasteiger charge is -2.35. The standard InChI is InChI=1S/C24H25ClN2O3/c1-18(19-6-3-2-4-7-19)30-24-17-29-22(15-23(24)28)16-26-10-12-27(13-11-26)21-9-5-8-20(25)14-21/h2-9,14-15,17-18H,10-13,16H2,1H3/t18-/m0/s1. The molecular formula is C24H25ClN2O3. The number of piperazine rings is 1. The van der Waals surface area contributed by atoms with E-state index < -0.39 is 0 Å². The molecule has 0 bridgehead atoms. The summed E-state index contributed by atoms with van der Waals surface area (Å²) >= 11 is 6.10. The summed E-state index contributed by atoms with van der Waals surface area (Å²) in [4.78, 5) is 17.1. The summed E-state index contributed by atoms with van der Waals surface area (Å²) in [6, 6.07) is 19.3. The van der Waals surface area contributed by atoms with Crippen LogP contribution in [0, 0.1) is 0 Å². The maximum atomic E-state index is 12.5. The van der Waals surface area contributed by atoms with Gasteiger partial charge in [-0.05, 0) is 30.7 Å². The maximum absolute atomic E-state index is 12.5. The van der Waals surface area contributed by atoms with Gasteiger partial charge in [0.1, 0.15) is 18.1 Å². The van der Waals surface area contributed by atoms with E-state index in [1.807, 2.05) is 55.5 Å². The average molecular weight is 425 g/mol. The maximum Gasteiger partial charge on any atom is 0.227 e. The minimum atomic E-state index is -0.223. The van der Waals surface area contributed by atoms with E-state index in [2.05, 4.69) is 15.9 Å². The Labute approximate surface area is 181 Å². The Bertz CT molecular complexity index is 1030. The van der Waals surface area contributed by atoms with Gasteiger partial charge < -0.3 is 14.1 Å². The Kier molecular flexibility index (Phi) is 6.41. The van der Waals surface area contributed by atoms with Gasteiger partial charge in [0.2, 0.25) is 11.2 Å². The van der Waals surface area contributed by atoms with Crippen molar-refractivity contribution in [3.63, 3.8) is 0 Å². The molecule has 0 aliphatic carbocycles. The predicted molar refractivity (Wildman–Crippen MR) is 119 cm³/mol. The van der Waals surface area contributed by atoms with Crippen LogP contribution in [0.25, 0.3) is 0 Å². The molecule has 4 rings (SSSR count). The zero-order valence-electron chi connectivity index (χ0n) is 17.0. The van der Waals surface area contributed by atoms with Crippen LogP contribution in [-0.4, -0.2) is 31.1 Å². The number of ether oxygens (including phenoxy) is 1. The van der Waals surface area contributed by atoms with E-state index in [0.717, 1.165) is 42.5 Å². The summed E-state index contributed by atoms with van der Waals surface area (Å²) in [6.45, 7) is 6.11. The lowest BCUT2D eigenvalue weighted by Crippen LogP contribution is -2.46. The summed E-state index contributed by atoms with van der Waals surface area (Å²) in [6.07, 6.45) is 1.21. The highest BCUT2D eigenvalue weighted by Crippen LogP contribution is 2.22. The Morgan fingerprint density at radius 3 is 2.50 bits per heavy atom. The van der Waals surface area contributed by atoms with E-state index in [-0.39, 0.29) is 17.3 Å². The van der Waals surface area contributed by atoms with E-state index in [0.29, 0.717) is 12.3 Å². The molecule has 0 amide bonds. The van der Waals surface area contributed by atoms with Gasteiger partial charge in [0.25, 0.3) is 0 Å². The van der Waals surface area contributed by atoms with Gasteiger partial charge in [-0.1, -0.05) is 48.0 Å². The van der Waals surface area contributed by atoms with Crippen molar-refractivity contribution >= 4 is 17.3 Å². The Morgan fingerprint density at radius 2 is 1.80 bits per heavy atom. The lowest BCUT2D eigenvalue weighted by molar-refractivity contribution is 0.207. The molecule has 0 spiro atoms. The third-order valence-electron chi connectivity index (χ3n) is 5.35. The summed E-state index contributed by atoms with van der Waals surface area (Å²) in [5, 5.41) is 0.751. The van der Waals surface area contributed by atoms with E-state index in [1.54, 1.807) is 0 Å². The number of nitrogens with zero attached hydrogens (tertiary/aromatic N) is 2. The van der Waals surface area contributed by atoms with Crippen LogP contribution in [0.15, 0.2) is 76.1 Å². The zero-order chi connectivity index (χ0) is 20.9. The van der Waals surface area contributed by atoms with Gasteiger partial charge in [-0.2, -0.15) is 0 Å². The molecule has 1 saturated heterocycles. The number of halogens is 1.